The van der Waals surface area contributed by atoms with Gasteiger partial charge in [-0.1, -0.05) is 0 Å². The second-order valence-electron chi connectivity index (χ2n) is 2.06. The first-order valence-corrected chi connectivity index (χ1v) is 2.69. The first-order chi connectivity index (χ1) is 4.04. The maximum Gasteiger partial charge on any atom is 0.469 e. The maximum atomic E-state index is 8.40. The molecule has 0 bridgehead atoms. The van der Waals surface area contributed by atoms with Crippen molar-refractivity contribution in [2.45, 2.75) is 19.3 Å². The van der Waals surface area contributed by atoms with Crippen LogP contribution in [-0.4, -0.2) is 28.8 Å². The second-order valence-corrected chi connectivity index (χ2v) is 2.06. The van der Waals surface area contributed by atoms with E-state index in [-0.39, 0.29) is 6.42 Å². The first kappa shape index (κ1) is 8.61. The molecule has 0 radical (unpaired) electrons. The lowest BCUT2D eigenvalue weighted by molar-refractivity contribution is 0.388. The minimum absolute atomic E-state index is 0.234. The fraction of sp³-hybridized carbons (Fsp3) is 0.750. The summed E-state index contributed by atoms with van der Waals surface area (Å²) in [5.41, 5.74) is 5.53. The number of nitrogens with one attached hydrogen (secondary N) is 1. The van der Waals surface area contributed by atoms with Crippen LogP contribution in [0.5, 0.6) is 0 Å². The van der Waals surface area contributed by atoms with E-state index in [2.05, 4.69) is 0 Å². The van der Waals surface area contributed by atoms with Crippen molar-refractivity contribution in [2.75, 3.05) is 0 Å². The molecule has 52 valence electrons. The van der Waals surface area contributed by atoms with Gasteiger partial charge in [0.15, 0.2) is 0 Å². The van der Waals surface area contributed by atoms with Gasteiger partial charge in [0.25, 0.3) is 0 Å². The van der Waals surface area contributed by atoms with Gasteiger partial charge in [-0.3, -0.25) is 0 Å². The molecule has 0 saturated carbocycles. The zero-order valence-electron chi connectivity index (χ0n) is 5.33. The van der Waals surface area contributed by atoms with Gasteiger partial charge in [0, 0.05) is 11.7 Å². The van der Waals surface area contributed by atoms with Crippen LogP contribution < -0.4 is 5.73 Å². The topological polar surface area (TPSA) is 90.3 Å². The van der Waals surface area contributed by atoms with Crippen LogP contribution >= 0.6 is 0 Å². The number of hydrogen-bond acceptors (Lipinski definition) is 4. The molecule has 0 aliphatic heterocycles. The molecule has 0 spiro atoms. The molecule has 0 aliphatic carbocycles. The molecule has 0 aliphatic rings. The predicted octanol–water partition coefficient (Wildman–Crippen LogP) is -1.24. The molecule has 0 amide bonds. The van der Waals surface area contributed by atoms with Gasteiger partial charge in [-0.25, -0.2) is 0 Å². The normalized spacial score (nSPS) is 12.9. The van der Waals surface area contributed by atoms with Gasteiger partial charge in [0.2, 0.25) is 0 Å². The third kappa shape index (κ3) is 4.14. The van der Waals surface area contributed by atoms with Crippen LogP contribution in [0.2, 0.25) is 0 Å². The molecule has 0 aromatic heterocycles. The van der Waals surface area contributed by atoms with E-state index in [9.17, 15) is 0 Å². The first-order valence-electron chi connectivity index (χ1n) is 2.69. The van der Waals surface area contributed by atoms with Crippen LogP contribution in [0.3, 0.4) is 0 Å². The van der Waals surface area contributed by atoms with E-state index in [1.54, 1.807) is 6.92 Å². The SMILES string of the molecule is CC(=N)CC(N)B(O)O. The van der Waals surface area contributed by atoms with Crippen molar-refractivity contribution in [3.8, 4) is 0 Å². The van der Waals surface area contributed by atoms with E-state index >= 15 is 0 Å². The Hall–Kier alpha value is -0.385. The molecule has 4 nitrogen and oxygen atoms in total. The summed E-state index contributed by atoms with van der Waals surface area (Å²) in [4.78, 5) is 0. The molecular formula is C4H11BN2O2. The largest absolute Gasteiger partial charge is 0.469 e. The molecule has 0 heterocycles. The van der Waals surface area contributed by atoms with Gasteiger partial charge in [-0.05, 0) is 13.3 Å². The summed E-state index contributed by atoms with van der Waals surface area (Å²) in [6.45, 7) is 1.57. The van der Waals surface area contributed by atoms with Crippen LogP contribution in [-0.2, 0) is 0 Å². The molecule has 5 N–H and O–H groups in total. The van der Waals surface area contributed by atoms with Crippen LogP contribution in [0.4, 0.5) is 0 Å². The Labute approximate surface area is 54.3 Å². The van der Waals surface area contributed by atoms with Gasteiger partial charge in [0.05, 0.1) is 0 Å². The Balaban J connectivity index is 3.50. The predicted molar refractivity (Wildman–Crippen MR) is 36.2 cm³/mol. The van der Waals surface area contributed by atoms with Gasteiger partial charge < -0.3 is 21.2 Å². The number of hydrogen-bond donors (Lipinski definition) is 4. The maximum absolute atomic E-state index is 8.40. The average Bonchev–Trinajstić information content (AvgIpc) is 1.63. The van der Waals surface area contributed by atoms with Crippen LogP contribution in [0.1, 0.15) is 13.3 Å². The summed E-state index contributed by atoms with van der Waals surface area (Å²) in [7, 11) is -1.51. The Morgan fingerprint density at radius 1 is 1.78 bits per heavy atom. The molecule has 9 heavy (non-hydrogen) atoms. The molecule has 0 saturated heterocycles. The zero-order valence-corrected chi connectivity index (χ0v) is 5.33. The summed E-state index contributed by atoms with van der Waals surface area (Å²) < 4.78 is 0. The summed E-state index contributed by atoms with van der Waals surface area (Å²) in [6, 6.07) is 0. The molecular weight excluding hydrogens is 119 g/mol. The van der Waals surface area contributed by atoms with Gasteiger partial charge in [0.1, 0.15) is 0 Å². The molecule has 1 atom stereocenters. The summed E-state index contributed by atoms with van der Waals surface area (Å²) in [6.07, 6.45) is 0.234. The Bertz CT molecular complexity index is 107. The standard InChI is InChI=1S/C4H11BN2O2/c1-3(6)2-4(7)5(8)9/h4,6,8-9H,2,7H2,1H3. The lowest BCUT2D eigenvalue weighted by Gasteiger charge is -2.06. The molecule has 5 heteroatoms. The molecule has 0 aromatic rings. The van der Waals surface area contributed by atoms with Gasteiger partial charge in [-0.15, -0.1) is 0 Å². The molecule has 0 aromatic carbocycles. The van der Waals surface area contributed by atoms with Crippen molar-refractivity contribution < 1.29 is 10.0 Å². The lowest BCUT2D eigenvalue weighted by atomic mass is 9.77. The summed E-state index contributed by atoms with van der Waals surface area (Å²) in [5.74, 6) is -0.720. The highest BCUT2D eigenvalue weighted by Crippen LogP contribution is 1.89. The minimum Gasteiger partial charge on any atom is -0.426 e. The summed E-state index contributed by atoms with van der Waals surface area (Å²) >= 11 is 0. The highest BCUT2D eigenvalue weighted by Gasteiger charge is 2.18. The Kier molecular flexibility index (Phi) is 3.45. The van der Waals surface area contributed by atoms with E-state index in [1.165, 1.54) is 0 Å². The summed E-state index contributed by atoms with van der Waals surface area (Å²) in [5, 5.41) is 23.7. The quantitative estimate of drug-likeness (QED) is 0.284. The van der Waals surface area contributed by atoms with Crippen molar-refractivity contribution in [3.05, 3.63) is 0 Å². The highest BCUT2D eigenvalue weighted by molar-refractivity contribution is 6.43. The van der Waals surface area contributed by atoms with Gasteiger partial charge >= 0.3 is 7.12 Å². The highest BCUT2D eigenvalue weighted by atomic mass is 16.4. The van der Waals surface area contributed by atoms with Crippen molar-refractivity contribution >= 4 is 12.8 Å². The Morgan fingerprint density at radius 2 is 2.22 bits per heavy atom. The smallest absolute Gasteiger partial charge is 0.426 e. The van der Waals surface area contributed by atoms with E-state index < -0.39 is 13.1 Å². The van der Waals surface area contributed by atoms with E-state index in [0.29, 0.717) is 5.71 Å². The average molecular weight is 130 g/mol. The van der Waals surface area contributed by atoms with Gasteiger partial charge in [-0.2, -0.15) is 0 Å². The van der Waals surface area contributed by atoms with E-state index in [1.807, 2.05) is 0 Å². The van der Waals surface area contributed by atoms with Crippen molar-refractivity contribution in [1.82, 2.24) is 0 Å². The minimum atomic E-state index is -1.51. The fourth-order valence-corrected chi connectivity index (χ4v) is 0.459. The van der Waals surface area contributed by atoms with E-state index in [4.69, 9.17) is 21.2 Å². The van der Waals surface area contributed by atoms with Crippen molar-refractivity contribution in [2.24, 2.45) is 5.73 Å². The lowest BCUT2D eigenvalue weighted by Crippen LogP contribution is -2.40. The van der Waals surface area contributed by atoms with Crippen molar-refractivity contribution in [3.63, 3.8) is 0 Å². The third-order valence-corrected chi connectivity index (χ3v) is 0.925. The third-order valence-electron chi connectivity index (χ3n) is 0.925. The number of rotatable bonds is 3. The second kappa shape index (κ2) is 3.60. The zero-order chi connectivity index (χ0) is 7.44. The van der Waals surface area contributed by atoms with Crippen molar-refractivity contribution in [1.29, 1.82) is 5.41 Å². The van der Waals surface area contributed by atoms with E-state index in [0.717, 1.165) is 0 Å². The van der Waals surface area contributed by atoms with Crippen LogP contribution in [0, 0.1) is 5.41 Å². The van der Waals surface area contributed by atoms with Crippen LogP contribution in [0.25, 0.3) is 0 Å². The fourth-order valence-electron chi connectivity index (χ4n) is 0.459. The monoisotopic (exact) mass is 130 g/mol. The molecule has 1 unspecified atom stereocenters. The Morgan fingerprint density at radius 3 is 2.33 bits per heavy atom. The van der Waals surface area contributed by atoms with Crippen LogP contribution in [0.15, 0.2) is 0 Å². The number of nitrogens with two attached hydrogens (primary N) is 1. The molecule has 0 fully saturated rings. The molecule has 0 rings (SSSR count).